The highest BCUT2D eigenvalue weighted by Crippen LogP contribution is 2.19. The zero-order valence-electron chi connectivity index (χ0n) is 14.7. The molecule has 1 aromatic rings. The zero-order chi connectivity index (χ0) is 17.4. The molecule has 0 unspecified atom stereocenters. The second kappa shape index (κ2) is 9.27. The summed E-state index contributed by atoms with van der Waals surface area (Å²) in [6.07, 6.45) is 1.82. The lowest BCUT2D eigenvalue weighted by atomic mass is 10.2. The van der Waals surface area contributed by atoms with E-state index in [9.17, 15) is 9.59 Å². The predicted octanol–water partition coefficient (Wildman–Crippen LogP) is 1.68. The molecule has 6 nitrogen and oxygen atoms in total. The Balaban J connectivity index is 1.78. The number of anilines is 2. The molecule has 132 valence electrons. The molecule has 2 rings (SSSR count). The van der Waals surface area contributed by atoms with Crippen LogP contribution in [-0.4, -0.2) is 56.5 Å². The Hall–Kier alpha value is -2.08. The lowest BCUT2D eigenvalue weighted by Gasteiger charge is -2.34. The zero-order valence-corrected chi connectivity index (χ0v) is 14.7. The van der Waals surface area contributed by atoms with Crippen molar-refractivity contribution in [3.63, 3.8) is 0 Å². The molecule has 24 heavy (non-hydrogen) atoms. The van der Waals surface area contributed by atoms with Crippen molar-refractivity contribution >= 4 is 23.2 Å². The van der Waals surface area contributed by atoms with E-state index in [1.165, 1.54) is 5.69 Å². The van der Waals surface area contributed by atoms with Gasteiger partial charge in [0, 0.05) is 44.1 Å². The first-order valence-electron chi connectivity index (χ1n) is 8.68. The minimum atomic E-state index is -0.281. The number of nitrogens with one attached hydrogen (secondary N) is 2. The summed E-state index contributed by atoms with van der Waals surface area (Å²) in [6, 6.07) is 7.81. The molecule has 0 atom stereocenters. The van der Waals surface area contributed by atoms with E-state index in [1.807, 2.05) is 24.3 Å². The van der Waals surface area contributed by atoms with Gasteiger partial charge in [0.25, 0.3) is 0 Å². The maximum absolute atomic E-state index is 11.9. The molecule has 0 aromatic heterocycles. The van der Waals surface area contributed by atoms with E-state index in [1.54, 1.807) is 0 Å². The number of hydrogen-bond donors (Lipinski definition) is 2. The summed E-state index contributed by atoms with van der Waals surface area (Å²) in [4.78, 5) is 28.2. The molecule has 0 radical (unpaired) electrons. The Kier molecular flexibility index (Phi) is 7.06. The SMILES string of the molecule is CCCCNC(=O)CC(=O)Nc1ccc(N2CCN(C)CC2)cc1. The highest BCUT2D eigenvalue weighted by molar-refractivity contribution is 6.03. The quantitative estimate of drug-likeness (QED) is 0.589. The highest BCUT2D eigenvalue weighted by Gasteiger charge is 2.14. The van der Waals surface area contributed by atoms with Gasteiger partial charge in [-0.05, 0) is 37.7 Å². The third kappa shape index (κ3) is 5.85. The summed E-state index contributed by atoms with van der Waals surface area (Å²) in [5, 5.41) is 5.52. The summed E-state index contributed by atoms with van der Waals surface area (Å²) >= 11 is 0. The van der Waals surface area contributed by atoms with Crippen LogP contribution >= 0.6 is 0 Å². The molecule has 1 aromatic carbocycles. The fourth-order valence-electron chi connectivity index (χ4n) is 2.64. The van der Waals surface area contributed by atoms with Gasteiger partial charge in [-0.2, -0.15) is 0 Å². The van der Waals surface area contributed by atoms with E-state index in [0.29, 0.717) is 6.54 Å². The van der Waals surface area contributed by atoms with Crippen LogP contribution in [0.3, 0.4) is 0 Å². The molecular formula is C18H28N4O2. The van der Waals surface area contributed by atoms with Crippen molar-refractivity contribution in [2.24, 2.45) is 0 Å². The van der Waals surface area contributed by atoms with Crippen molar-refractivity contribution in [3.05, 3.63) is 24.3 Å². The second-order valence-corrected chi connectivity index (χ2v) is 6.27. The van der Waals surface area contributed by atoms with Crippen LogP contribution < -0.4 is 15.5 Å². The molecule has 2 amide bonds. The molecule has 1 aliphatic heterocycles. The van der Waals surface area contributed by atoms with Crippen molar-refractivity contribution in [3.8, 4) is 0 Å². The predicted molar refractivity (Wildman–Crippen MR) is 97.3 cm³/mol. The van der Waals surface area contributed by atoms with Crippen molar-refractivity contribution in [1.82, 2.24) is 10.2 Å². The second-order valence-electron chi connectivity index (χ2n) is 6.27. The van der Waals surface area contributed by atoms with Crippen LogP contribution in [0, 0.1) is 0 Å². The van der Waals surface area contributed by atoms with E-state index in [0.717, 1.165) is 44.7 Å². The van der Waals surface area contributed by atoms with Crippen LogP contribution in [0.25, 0.3) is 0 Å². The van der Waals surface area contributed by atoms with E-state index < -0.39 is 0 Å². The molecule has 1 aliphatic rings. The number of unbranched alkanes of at least 4 members (excludes halogenated alkanes) is 1. The third-order valence-electron chi connectivity index (χ3n) is 4.19. The van der Waals surface area contributed by atoms with Gasteiger partial charge in [0.1, 0.15) is 6.42 Å². The number of likely N-dealkylation sites (N-methyl/N-ethyl adjacent to an activating group) is 1. The van der Waals surface area contributed by atoms with Crippen molar-refractivity contribution < 1.29 is 9.59 Å². The van der Waals surface area contributed by atoms with Gasteiger partial charge in [0.05, 0.1) is 0 Å². The lowest BCUT2D eigenvalue weighted by Crippen LogP contribution is -2.44. The Morgan fingerprint density at radius 1 is 1.04 bits per heavy atom. The molecule has 1 saturated heterocycles. The Labute approximate surface area is 144 Å². The Bertz CT molecular complexity index is 536. The van der Waals surface area contributed by atoms with Crippen molar-refractivity contribution in [2.75, 3.05) is 50.0 Å². The van der Waals surface area contributed by atoms with Crippen LogP contribution in [0.5, 0.6) is 0 Å². The first-order valence-corrected chi connectivity index (χ1v) is 8.68. The van der Waals surface area contributed by atoms with Gasteiger partial charge in [-0.3, -0.25) is 9.59 Å². The molecule has 0 aliphatic carbocycles. The van der Waals surface area contributed by atoms with E-state index >= 15 is 0 Å². The Morgan fingerprint density at radius 2 is 1.71 bits per heavy atom. The molecule has 0 bridgehead atoms. The smallest absolute Gasteiger partial charge is 0.233 e. The van der Waals surface area contributed by atoms with Crippen LogP contribution in [-0.2, 0) is 9.59 Å². The summed E-state index contributed by atoms with van der Waals surface area (Å²) in [5.74, 6) is -0.508. The third-order valence-corrected chi connectivity index (χ3v) is 4.19. The number of piperazine rings is 1. The molecular weight excluding hydrogens is 304 g/mol. The fraction of sp³-hybridized carbons (Fsp3) is 0.556. The van der Waals surface area contributed by atoms with E-state index in [2.05, 4.69) is 34.4 Å². The topological polar surface area (TPSA) is 64.7 Å². The maximum Gasteiger partial charge on any atom is 0.233 e. The van der Waals surface area contributed by atoms with Gasteiger partial charge in [-0.1, -0.05) is 13.3 Å². The summed E-state index contributed by atoms with van der Waals surface area (Å²) in [7, 11) is 2.13. The number of carbonyl (C=O) groups is 2. The summed E-state index contributed by atoms with van der Waals surface area (Å²) < 4.78 is 0. The number of rotatable bonds is 7. The van der Waals surface area contributed by atoms with Crippen LogP contribution in [0.4, 0.5) is 11.4 Å². The number of amides is 2. The van der Waals surface area contributed by atoms with Gasteiger partial charge in [0.15, 0.2) is 0 Å². The first-order chi connectivity index (χ1) is 11.6. The molecule has 0 spiro atoms. The van der Waals surface area contributed by atoms with Crippen molar-refractivity contribution in [1.29, 1.82) is 0 Å². The maximum atomic E-state index is 11.9. The standard InChI is InChI=1S/C18H28N4O2/c1-3-4-9-19-17(23)14-18(24)20-15-5-7-16(8-6-15)22-12-10-21(2)11-13-22/h5-8H,3-4,9-14H2,1-2H3,(H,19,23)(H,20,24). The number of hydrogen-bond acceptors (Lipinski definition) is 4. The average Bonchev–Trinajstić information content (AvgIpc) is 2.56. The highest BCUT2D eigenvalue weighted by atomic mass is 16.2. The van der Waals surface area contributed by atoms with Crippen molar-refractivity contribution in [2.45, 2.75) is 26.2 Å². The van der Waals surface area contributed by atoms with Gasteiger partial charge >= 0.3 is 0 Å². The largest absolute Gasteiger partial charge is 0.369 e. The Morgan fingerprint density at radius 3 is 2.33 bits per heavy atom. The van der Waals surface area contributed by atoms with E-state index in [4.69, 9.17) is 0 Å². The van der Waals surface area contributed by atoms with Gasteiger partial charge in [-0.25, -0.2) is 0 Å². The van der Waals surface area contributed by atoms with Crippen LogP contribution in [0.1, 0.15) is 26.2 Å². The minimum absolute atomic E-state index is 0.135. The molecule has 6 heteroatoms. The lowest BCUT2D eigenvalue weighted by molar-refractivity contribution is -0.126. The van der Waals surface area contributed by atoms with Crippen LogP contribution in [0.2, 0.25) is 0 Å². The number of benzene rings is 1. The molecule has 2 N–H and O–H groups in total. The van der Waals surface area contributed by atoms with Gasteiger partial charge in [-0.15, -0.1) is 0 Å². The normalized spacial score (nSPS) is 15.2. The fourth-order valence-corrected chi connectivity index (χ4v) is 2.64. The number of carbonyl (C=O) groups excluding carboxylic acids is 2. The van der Waals surface area contributed by atoms with Gasteiger partial charge in [0.2, 0.25) is 11.8 Å². The first kappa shape index (κ1) is 18.3. The minimum Gasteiger partial charge on any atom is -0.369 e. The monoisotopic (exact) mass is 332 g/mol. The molecule has 1 heterocycles. The van der Waals surface area contributed by atoms with Gasteiger partial charge < -0.3 is 20.4 Å². The summed E-state index contributed by atoms with van der Waals surface area (Å²) in [5.41, 5.74) is 1.89. The summed E-state index contributed by atoms with van der Waals surface area (Å²) in [6.45, 7) is 6.84. The number of nitrogens with zero attached hydrogens (tertiary/aromatic N) is 2. The van der Waals surface area contributed by atoms with Crippen LogP contribution in [0.15, 0.2) is 24.3 Å². The van der Waals surface area contributed by atoms with E-state index in [-0.39, 0.29) is 18.2 Å². The average molecular weight is 332 g/mol. The molecule has 0 saturated carbocycles. The molecule has 1 fully saturated rings.